The zero-order valence-corrected chi connectivity index (χ0v) is 14.0. The summed E-state index contributed by atoms with van der Waals surface area (Å²) in [5.74, 6) is 0.940. The SMILES string of the molecule is C[C@H]1[C@@H](NC(=O)COC(=O)CN2CCSC2=O)CCC[C@@H]1C. The van der Waals surface area contributed by atoms with Crippen molar-refractivity contribution in [1.29, 1.82) is 0 Å². The van der Waals surface area contributed by atoms with Crippen LogP contribution in [0.5, 0.6) is 0 Å². The van der Waals surface area contributed by atoms with Gasteiger partial charge in [0.1, 0.15) is 6.54 Å². The van der Waals surface area contributed by atoms with Crippen molar-refractivity contribution >= 4 is 28.9 Å². The van der Waals surface area contributed by atoms with Crippen LogP contribution in [0.15, 0.2) is 0 Å². The second kappa shape index (κ2) is 7.85. The molecular formula is C15H24N2O4S. The molecule has 1 aliphatic carbocycles. The van der Waals surface area contributed by atoms with Gasteiger partial charge in [0, 0.05) is 18.3 Å². The summed E-state index contributed by atoms with van der Waals surface area (Å²) >= 11 is 1.20. The normalized spacial score (nSPS) is 28.5. The number of carbonyl (C=O) groups is 3. The van der Waals surface area contributed by atoms with E-state index in [-0.39, 0.29) is 30.3 Å². The molecule has 2 aliphatic rings. The van der Waals surface area contributed by atoms with Crippen molar-refractivity contribution in [2.45, 2.75) is 39.2 Å². The Bertz CT molecular complexity index is 443. The highest BCUT2D eigenvalue weighted by Crippen LogP contribution is 2.29. The number of carbonyl (C=O) groups excluding carboxylic acids is 3. The number of ether oxygens (including phenoxy) is 1. The van der Waals surface area contributed by atoms with Crippen LogP contribution >= 0.6 is 11.8 Å². The van der Waals surface area contributed by atoms with Gasteiger partial charge in [-0.15, -0.1) is 0 Å². The van der Waals surface area contributed by atoms with E-state index in [9.17, 15) is 14.4 Å². The molecule has 0 unspecified atom stereocenters. The van der Waals surface area contributed by atoms with Gasteiger partial charge in [-0.05, 0) is 18.3 Å². The van der Waals surface area contributed by atoms with Crippen LogP contribution in [0, 0.1) is 11.8 Å². The van der Waals surface area contributed by atoms with E-state index in [1.807, 2.05) is 0 Å². The third-order valence-electron chi connectivity index (χ3n) is 4.58. The Morgan fingerprint density at radius 1 is 1.36 bits per heavy atom. The smallest absolute Gasteiger partial charge is 0.326 e. The van der Waals surface area contributed by atoms with Crippen LogP contribution in [-0.2, 0) is 14.3 Å². The number of nitrogens with zero attached hydrogens (tertiary/aromatic N) is 1. The molecule has 1 heterocycles. The minimum atomic E-state index is -0.531. The van der Waals surface area contributed by atoms with Gasteiger partial charge < -0.3 is 15.0 Å². The highest BCUT2D eigenvalue weighted by atomic mass is 32.2. The molecule has 0 radical (unpaired) electrons. The third kappa shape index (κ3) is 4.63. The van der Waals surface area contributed by atoms with E-state index < -0.39 is 5.97 Å². The molecule has 2 fully saturated rings. The van der Waals surface area contributed by atoms with E-state index in [1.165, 1.54) is 23.1 Å². The van der Waals surface area contributed by atoms with Gasteiger partial charge in [-0.25, -0.2) is 0 Å². The number of thioether (sulfide) groups is 1. The highest BCUT2D eigenvalue weighted by molar-refractivity contribution is 8.13. The zero-order chi connectivity index (χ0) is 16.1. The summed E-state index contributed by atoms with van der Waals surface area (Å²) < 4.78 is 4.96. The molecule has 0 aromatic rings. The number of amides is 2. The first-order chi connectivity index (χ1) is 10.5. The lowest BCUT2D eigenvalue weighted by molar-refractivity contribution is -0.149. The maximum absolute atomic E-state index is 11.9. The van der Waals surface area contributed by atoms with Gasteiger partial charge >= 0.3 is 5.97 Å². The maximum atomic E-state index is 11.9. The average Bonchev–Trinajstić information content (AvgIpc) is 2.87. The molecular weight excluding hydrogens is 304 g/mol. The standard InChI is InChI=1S/C15H24N2O4S/c1-10-4-3-5-12(11(10)2)16-13(18)9-21-14(19)8-17-6-7-22-15(17)20/h10-12H,3-9H2,1-2H3,(H,16,18)/t10-,11+,12-/m0/s1. The Hall–Kier alpha value is -1.24. The van der Waals surface area contributed by atoms with Crippen molar-refractivity contribution < 1.29 is 19.1 Å². The molecule has 0 bridgehead atoms. The molecule has 2 amide bonds. The molecule has 1 saturated carbocycles. The first kappa shape index (κ1) is 17.1. The van der Waals surface area contributed by atoms with Crippen LogP contribution in [0.1, 0.15) is 33.1 Å². The number of hydrogen-bond donors (Lipinski definition) is 1. The molecule has 7 heteroatoms. The van der Waals surface area contributed by atoms with E-state index in [0.717, 1.165) is 12.8 Å². The van der Waals surface area contributed by atoms with Crippen molar-refractivity contribution in [1.82, 2.24) is 10.2 Å². The zero-order valence-electron chi connectivity index (χ0n) is 13.2. The van der Waals surface area contributed by atoms with Crippen molar-refractivity contribution in [2.75, 3.05) is 25.4 Å². The van der Waals surface area contributed by atoms with Crippen molar-refractivity contribution in [3.8, 4) is 0 Å². The molecule has 0 aromatic heterocycles. The number of nitrogens with one attached hydrogen (secondary N) is 1. The van der Waals surface area contributed by atoms with Gasteiger partial charge in [0.25, 0.3) is 11.1 Å². The number of hydrogen-bond acceptors (Lipinski definition) is 5. The Morgan fingerprint density at radius 2 is 2.14 bits per heavy atom. The van der Waals surface area contributed by atoms with Gasteiger partial charge in [0.05, 0.1) is 0 Å². The van der Waals surface area contributed by atoms with E-state index >= 15 is 0 Å². The van der Waals surface area contributed by atoms with Crippen LogP contribution in [0.4, 0.5) is 4.79 Å². The minimum Gasteiger partial charge on any atom is -0.454 e. The maximum Gasteiger partial charge on any atom is 0.326 e. The Balaban J connectivity index is 1.68. The van der Waals surface area contributed by atoms with E-state index in [0.29, 0.717) is 24.1 Å². The summed E-state index contributed by atoms with van der Waals surface area (Å²) in [4.78, 5) is 36.4. The predicted molar refractivity (Wildman–Crippen MR) is 84.5 cm³/mol. The molecule has 0 spiro atoms. The lowest BCUT2D eigenvalue weighted by Crippen LogP contribution is -2.45. The highest BCUT2D eigenvalue weighted by Gasteiger charge is 2.28. The van der Waals surface area contributed by atoms with Crippen LogP contribution in [0.3, 0.4) is 0 Å². The fraction of sp³-hybridized carbons (Fsp3) is 0.800. The van der Waals surface area contributed by atoms with Gasteiger partial charge in [-0.3, -0.25) is 14.4 Å². The van der Waals surface area contributed by atoms with Crippen molar-refractivity contribution in [3.63, 3.8) is 0 Å². The second-order valence-electron chi connectivity index (χ2n) is 6.14. The van der Waals surface area contributed by atoms with Crippen LogP contribution in [0.25, 0.3) is 0 Å². The predicted octanol–water partition coefficient (Wildman–Crippen LogP) is 1.64. The lowest BCUT2D eigenvalue weighted by Gasteiger charge is -2.34. The molecule has 2 rings (SSSR count). The van der Waals surface area contributed by atoms with Crippen molar-refractivity contribution in [2.24, 2.45) is 11.8 Å². The molecule has 3 atom stereocenters. The summed E-state index contributed by atoms with van der Waals surface area (Å²) in [6.45, 7) is 4.56. The molecule has 1 N–H and O–H groups in total. The first-order valence-electron chi connectivity index (χ1n) is 7.84. The van der Waals surface area contributed by atoms with E-state index in [2.05, 4.69) is 19.2 Å². The Kier molecular flexibility index (Phi) is 6.11. The van der Waals surface area contributed by atoms with E-state index in [4.69, 9.17) is 4.74 Å². The van der Waals surface area contributed by atoms with Gasteiger partial charge in [0.15, 0.2) is 6.61 Å². The third-order valence-corrected chi connectivity index (χ3v) is 5.47. The van der Waals surface area contributed by atoms with Gasteiger partial charge in [-0.2, -0.15) is 0 Å². The molecule has 0 aromatic carbocycles. The van der Waals surface area contributed by atoms with Crippen LogP contribution in [0.2, 0.25) is 0 Å². The number of esters is 1. The fourth-order valence-electron chi connectivity index (χ4n) is 2.95. The summed E-state index contributed by atoms with van der Waals surface area (Å²) in [5.41, 5.74) is 0. The molecule has 124 valence electrons. The lowest BCUT2D eigenvalue weighted by atomic mass is 9.78. The second-order valence-corrected chi connectivity index (χ2v) is 7.18. The summed E-state index contributed by atoms with van der Waals surface area (Å²) in [6.07, 6.45) is 3.29. The monoisotopic (exact) mass is 328 g/mol. The molecule has 1 aliphatic heterocycles. The fourth-order valence-corrected chi connectivity index (χ4v) is 3.78. The quantitative estimate of drug-likeness (QED) is 0.777. The van der Waals surface area contributed by atoms with Crippen molar-refractivity contribution in [3.05, 3.63) is 0 Å². The molecule has 6 nitrogen and oxygen atoms in total. The Labute approximate surface area is 135 Å². The summed E-state index contributed by atoms with van der Waals surface area (Å²) in [6, 6.07) is 0.159. The first-order valence-corrected chi connectivity index (χ1v) is 8.82. The van der Waals surface area contributed by atoms with Crippen LogP contribution in [-0.4, -0.2) is 53.5 Å². The summed E-state index contributed by atoms with van der Waals surface area (Å²) in [7, 11) is 0. The average molecular weight is 328 g/mol. The largest absolute Gasteiger partial charge is 0.454 e. The summed E-state index contributed by atoms with van der Waals surface area (Å²) in [5, 5.41) is 2.85. The molecule has 1 saturated heterocycles. The van der Waals surface area contributed by atoms with Gasteiger partial charge in [0.2, 0.25) is 0 Å². The minimum absolute atomic E-state index is 0.0734. The molecule has 22 heavy (non-hydrogen) atoms. The van der Waals surface area contributed by atoms with Crippen LogP contribution < -0.4 is 5.32 Å². The van der Waals surface area contributed by atoms with E-state index in [1.54, 1.807) is 0 Å². The number of rotatable bonds is 5. The Morgan fingerprint density at radius 3 is 2.82 bits per heavy atom. The van der Waals surface area contributed by atoms with Gasteiger partial charge in [-0.1, -0.05) is 38.5 Å². The topological polar surface area (TPSA) is 75.7 Å².